The van der Waals surface area contributed by atoms with Crippen molar-refractivity contribution in [2.75, 3.05) is 0 Å². The highest BCUT2D eigenvalue weighted by molar-refractivity contribution is 9.10. The lowest BCUT2D eigenvalue weighted by atomic mass is 10.1. The minimum atomic E-state index is 0.0138. The molecule has 0 aliphatic rings. The second kappa shape index (κ2) is 3.81. The monoisotopic (exact) mass is 270 g/mol. The summed E-state index contributed by atoms with van der Waals surface area (Å²) in [6.45, 7) is 0.0138. The Morgan fingerprint density at radius 3 is 2.93 bits per heavy atom. The summed E-state index contributed by atoms with van der Waals surface area (Å²) in [4.78, 5) is 10.7. The fourth-order valence-corrected chi connectivity index (χ4v) is 2.89. The predicted octanol–water partition coefficient (Wildman–Crippen LogP) is 2.97. The lowest BCUT2D eigenvalue weighted by Crippen LogP contribution is -1.84. The Kier molecular flexibility index (Phi) is 2.67. The molecule has 2 nitrogen and oxygen atoms in total. The van der Waals surface area contributed by atoms with Crippen molar-refractivity contribution in [3.8, 4) is 0 Å². The van der Waals surface area contributed by atoms with E-state index in [1.807, 2.05) is 11.4 Å². The van der Waals surface area contributed by atoms with Gasteiger partial charge in [0.2, 0.25) is 0 Å². The predicted molar refractivity (Wildman–Crippen MR) is 60.8 cm³/mol. The molecule has 0 aliphatic heterocycles. The van der Waals surface area contributed by atoms with Crippen molar-refractivity contribution in [3.05, 3.63) is 33.1 Å². The second-order valence-corrected chi connectivity index (χ2v) is 4.67. The van der Waals surface area contributed by atoms with Gasteiger partial charge in [-0.3, -0.25) is 4.79 Å². The summed E-state index contributed by atoms with van der Waals surface area (Å²) in [5, 5.41) is 11.9. The molecule has 1 aromatic heterocycles. The zero-order valence-electron chi connectivity index (χ0n) is 7.16. The molecule has 1 N–H and O–H groups in total. The van der Waals surface area contributed by atoms with Crippen molar-refractivity contribution in [3.63, 3.8) is 0 Å². The Hall–Kier alpha value is -0.710. The Balaban J connectivity index is 2.76. The number of hydrogen-bond acceptors (Lipinski definition) is 3. The molecule has 0 amide bonds. The van der Waals surface area contributed by atoms with Gasteiger partial charge in [-0.15, -0.1) is 11.3 Å². The molecule has 14 heavy (non-hydrogen) atoms. The number of carbonyl (C=O) groups excluding carboxylic acids is 1. The van der Waals surface area contributed by atoms with Gasteiger partial charge in [0.15, 0.2) is 6.29 Å². The van der Waals surface area contributed by atoms with Gasteiger partial charge < -0.3 is 5.11 Å². The van der Waals surface area contributed by atoms with Crippen LogP contribution < -0.4 is 0 Å². The van der Waals surface area contributed by atoms with Crippen LogP contribution in [0.2, 0.25) is 0 Å². The van der Waals surface area contributed by atoms with Gasteiger partial charge in [0.25, 0.3) is 0 Å². The zero-order chi connectivity index (χ0) is 10.1. The molecule has 0 bridgehead atoms. The molecule has 0 saturated heterocycles. The highest BCUT2D eigenvalue weighted by Gasteiger charge is 2.07. The molecule has 2 rings (SSSR count). The molecule has 2 aromatic rings. The van der Waals surface area contributed by atoms with Crippen molar-refractivity contribution in [2.24, 2.45) is 0 Å². The maximum absolute atomic E-state index is 10.7. The molecular weight excluding hydrogens is 264 g/mol. The fraction of sp³-hybridized carbons (Fsp3) is 0.100. The standard InChI is InChI=1S/C10H7BrO2S/c11-9-2-10-8(1-6(9)3-12)7(4-13)5-14-10/h1-3,5,13H,4H2. The van der Waals surface area contributed by atoms with Crippen LogP contribution in [0.4, 0.5) is 0 Å². The van der Waals surface area contributed by atoms with Crippen LogP contribution in [0.1, 0.15) is 15.9 Å². The molecule has 1 heterocycles. The molecule has 0 saturated carbocycles. The van der Waals surface area contributed by atoms with E-state index in [1.54, 1.807) is 17.4 Å². The van der Waals surface area contributed by atoms with Crippen molar-refractivity contribution < 1.29 is 9.90 Å². The number of carbonyl (C=O) groups is 1. The van der Waals surface area contributed by atoms with Crippen molar-refractivity contribution in [1.29, 1.82) is 0 Å². The first-order valence-corrected chi connectivity index (χ1v) is 5.69. The largest absolute Gasteiger partial charge is 0.392 e. The van der Waals surface area contributed by atoms with Crippen molar-refractivity contribution in [2.45, 2.75) is 6.61 Å². The lowest BCUT2D eigenvalue weighted by molar-refractivity contribution is 0.112. The Labute approximate surface area is 93.3 Å². The van der Waals surface area contributed by atoms with Crippen LogP contribution in [-0.4, -0.2) is 11.4 Å². The summed E-state index contributed by atoms with van der Waals surface area (Å²) in [5.74, 6) is 0. The van der Waals surface area contributed by atoms with Gasteiger partial charge in [0, 0.05) is 14.7 Å². The van der Waals surface area contributed by atoms with E-state index < -0.39 is 0 Å². The summed E-state index contributed by atoms with van der Waals surface area (Å²) >= 11 is 4.89. The molecule has 0 aliphatic carbocycles. The molecule has 72 valence electrons. The first kappa shape index (κ1) is 9.83. The summed E-state index contributed by atoms with van der Waals surface area (Å²) < 4.78 is 1.87. The van der Waals surface area contributed by atoms with Gasteiger partial charge in [-0.05, 0) is 28.5 Å². The Bertz CT molecular complexity index is 490. The highest BCUT2D eigenvalue weighted by Crippen LogP contribution is 2.30. The summed E-state index contributed by atoms with van der Waals surface area (Å²) in [5.41, 5.74) is 1.49. The average Bonchev–Trinajstić information content (AvgIpc) is 2.58. The van der Waals surface area contributed by atoms with Crippen molar-refractivity contribution >= 4 is 43.6 Å². The lowest BCUT2D eigenvalue weighted by Gasteiger charge is -1.98. The van der Waals surface area contributed by atoms with E-state index in [0.717, 1.165) is 26.4 Å². The first-order valence-electron chi connectivity index (χ1n) is 4.02. The molecule has 0 spiro atoms. The molecule has 0 atom stereocenters. The van der Waals surface area contributed by atoms with E-state index in [1.165, 1.54) is 0 Å². The Morgan fingerprint density at radius 2 is 2.29 bits per heavy atom. The first-order chi connectivity index (χ1) is 6.76. The number of benzene rings is 1. The molecule has 4 heteroatoms. The average molecular weight is 271 g/mol. The highest BCUT2D eigenvalue weighted by atomic mass is 79.9. The third kappa shape index (κ3) is 1.49. The number of hydrogen-bond donors (Lipinski definition) is 1. The van der Waals surface area contributed by atoms with E-state index >= 15 is 0 Å². The van der Waals surface area contributed by atoms with E-state index in [4.69, 9.17) is 5.11 Å². The van der Waals surface area contributed by atoms with Crippen LogP contribution in [-0.2, 0) is 6.61 Å². The minimum absolute atomic E-state index is 0.0138. The van der Waals surface area contributed by atoms with Crippen LogP contribution in [0, 0.1) is 0 Å². The van der Waals surface area contributed by atoms with Crippen molar-refractivity contribution in [1.82, 2.24) is 0 Å². The topological polar surface area (TPSA) is 37.3 Å². The number of aliphatic hydroxyl groups excluding tert-OH is 1. The number of fused-ring (bicyclic) bond motifs is 1. The summed E-state index contributed by atoms with van der Waals surface area (Å²) in [6, 6.07) is 3.71. The van der Waals surface area contributed by atoms with Crippen LogP contribution in [0.5, 0.6) is 0 Å². The summed E-state index contributed by atoms with van der Waals surface area (Å²) in [6.07, 6.45) is 0.808. The van der Waals surface area contributed by atoms with Gasteiger partial charge in [-0.25, -0.2) is 0 Å². The summed E-state index contributed by atoms with van der Waals surface area (Å²) in [7, 11) is 0. The van der Waals surface area contributed by atoms with Gasteiger partial charge >= 0.3 is 0 Å². The molecule has 0 unspecified atom stereocenters. The second-order valence-electron chi connectivity index (χ2n) is 2.91. The number of halogens is 1. The number of aliphatic hydroxyl groups is 1. The maximum Gasteiger partial charge on any atom is 0.151 e. The number of thiophene rings is 1. The van der Waals surface area contributed by atoms with Gasteiger partial charge in [0.05, 0.1) is 6.61 Å². The van der Waals surface area contributed by atoms with E-state index in [2.05, 4.69) is 15.9 Å². The quantitative estimate of drug-likeness (QED) is 0.852. The fourth-order valence-electron chi connectivity index (χ4n) is 1.33. The normalized spacial score (nSPS) is 10.7. The van der Waals surface area contributed by atoms with E-state index in [-0.39, 0.29) is 6.61 Å². The number of aldehydes is 1. The third-order valence-corrected chi connectivity index (χ3v) is 3.75. The smallest absolute Gasteiger partial charge is 0.151 e. The third-order valence-electron chi connectivity index (χ3n) is 2.07. The zero-order valence-corrected chi connectivity index (χ0v) is 9.56. The molecule has 0 fully saturated rings. The SMILES string of the molecule is O=Cc1cc2c(CO)csc2cc1Br. The maximum atomic E-state index is 10.7. The minimum Gasteiger partial charge on any atom is -0.392 e. The molecule has 0 radical (unpaired) electrons. The van der Waals surface area contributed by atoms with Gasteiger partial charge in [0.1, 0.15) is 0 Å². The molecule has 1 aromatic carbocycles. The van der Waals surface area contributed by atoms with Crippen LogP contribution in [0.15, 0.2) is 22.0 Å². The van der Waals surface area contributed by atoms with Crippen LogP contribution >= 0.6 is 27.3 Å². The van der Waals surface area contributed by atoms with Crippen LogP contribution in [0.25, 0.3) is 10.1 Å². The van der Waals surface area contributed by atoms with E-state index in [9.17, 15) is 4.79 Å². The Morgan fingerprint density at radius 1 is 1.50 bits per heavy atom. The van der Waals surface area contributed by atoms with E-state index in [0.29, 0.717) is 5.56 Å². The van der Waals surface area contributed by atoms with Gasteiger partial charge in [-0.1, -0.05) is 15.9 Å². The number of rotatable bonds is 2. The molecular formula is C10H7BrO2S. The van der Waals surface area contributed by atoms with Gasteiger partial charge in [-0.2, -0.15) is 0 Å². The van der Waals surface area contributed by atoms with Crippen LogP contribution in [0.3, 0.4) is 0 Å².